The molecule has 18 heavy (non-hydrogen) atoms. The van der Waals surface area contributed by atoms with Crippen LogP contribution in [0.3, 0.4) is 0 Å². The van der Waals surface area contributed by atoms with Gasteiger partial charge in [-0.15, -0.1) is 11.3 Å². The molecule has 1 aromatic heterocycles. The predicted molar refractivity (Wildman–Crippen MR) is 76.5 cm³/mol. The first-order valence-corrected chi connectivity index (χ1v) is 7.18. The minimum absolute atomic E-state index is 0.0260. The number of aryl methyl sites for hydroxylation is 1. The van der Waals surface area contributed by atoms with Gasteiger partial charge in [-0.05, 0) is 28.4 Å². The smallest absolute Gasteiger partial charge is 0.225 e. The molecule has 0 radical (unpaired) electrons. The lowest BCUT2D eigenvalue weighted by atomic mass is 10.2. The highest BCUT2D eigenvalue weighted by atomic mass is 79.9. The van der Waals surface area contributed by atoms with E-state index in [4.69, 9.17) is 0 Å². The van der Waals surface area contributed by atoms with Gasteiger partial charge in [0.2, 0.25) is 5.91 Å². The Morgan fingerprint density at radius 1 is 1.39 bits per heavy atom. The molecule has 1 aromatic carbocycles. The molecular weight excluding hydrogens is 312 g/mol. The van der Waals surface area contributed by atoms with Crippen molar-refractivity contribution in [1.82, 2.24) is 10.3 Å². The third-order valence-electron chi connectivity index (χ3n) is 2.52. The highest BCUT2D eigenvalue weighted by Gasteiger charge is 2.10. The second kappa shape index (κ2) is 6.11. The summed E-state index contributed by atoms with van der Waals surface area (Å²) >= 11 is 4.83. The maximum Gasteiger partial charge on any atom is 0.225 e. The number of rotatable bonds is 4. The number of thiazole rings is 1. The van der Waals surface area contributed by atoms with Crippen LogP contribution in [-0.2, 0) is 17.8 Å². The molecule has 0 aliphatic carbocycles. The van der Waals surface area contributed by atoms with Crippen molar-refractivity contribution in [3.05, 3.63) is 50.4 Å². The molecule has 5 heteroatoms. The largest absolute Gasteiger partial charge is 0.352 e. The van der Waals surface area contributed by atoms with Gasteiger partial charge < -0.3 is 5.32 Å². The van der Waals surface area contributed by atoms with Crippen LogP contribution in [0.1, 0.15) is 16.1 Å². The van der Waals surface area contributed by atoms with Gasteiger partial charge in [0, 0.05) is 11.4 Å². The fourth-order valence-corrected chi connectivity index (χ4v) is 3.20. The monoisotopic (exact) mass is 324 g/mol. The zero-order valence-corrected chi connectivity index (χ0v) is 12.3. The van der Waals surface area contributed by atoms with E-state index in [1.165, 1.54) is 11.3 Å². The van der Waals surface area contributed by atoms with Crippen LogP contribution in [0.4, 0.5) is 0 Å². The minimum Gasteiger partial charge on any atom is -0.352 e. The number of carbonyl (C=O) groups excluding carboxylic acids is 1. The van der Waals surface area contributed by atoms with E-state index in [1.54, 1.807) is 0 Å². The van der Waals surface area contributed by atoms with Gasteiger partial charge in [0.15, 0.2) is 3.92 Å². The fraction of sp³-hybridized carbons (Fsp3) is 0.231. The number of hydrogen-bond acceptors (Lipinski definition) is 3. The molecule has 94 valence electrons. The molecule has 1 heterocycles. The van der Waals surface area contributed by atoms with E-state index in [1.807, 2.05) is 37.3 Å². The van der Waals surface area contributed by atoms with E-state index in [0.717, 1.165) is 20.1 Å². The van der Waals surface area contributed by atoms with Gasteiger partial charge in [0.1, 0.15) is 0 Å². The van der Waals surface area contributed by atoms with Crippen LogP contribution in [0, 0.1) is 6.92 Å². The van der Waals surface area contributed by atoms with Crippen LogP contribution < -0.4 is 5.32 Å². The molecule has 0 aliphatic rings. The highest BCUT2D eigenvalue weighted by molar-refractivity contribution is 9.11. The summed E-state index contributed by atoms with van der Waals surface area (Å²) in [5, 5.41) is 2.91. The van der Waals surface area contributed by atoms with E-state index < -0.39 is 0 Å². The number of carbonyl (C=O) groups is 1. The van der Waals surface area contributed by atoms with Crippen molar-refractivity contribution in [3.8, 4) is 0 Å². The van der Waals surface area contributed by atoms with Gasteiger partial charge in [0.25, 0.3) is 0 Å². The summed E-state index contributed by atoms with van der Waals surface area (Å²) in [7, 11) is 0. The summed E-state index contributed by atoms with van der Waals surface area (Å²) in [6.07, 6.45) is 0.391. The summed E-state index contributed by atoms with van der Waals surface area (Å²) < 4.78 is 0.825. The van der Waals surface area contributed by atoms with Crippen molar-refractivity contribution in [2.75, 3.05) is 0 Å². The Morgan fingerprint density at radius 3 is 2.72 bits per heavy atom. The van der Waals surface area contributed by atoms with Gasteiger partial charge >= 0.3 is 0 Å². The highest BCUT2D eigenvalue weighted by Crippen LogP contribution is 2.22. The maximum atomic E-state index is 11.8. The molecule has 1 N–H and O–H groups in total. The normalized spacial score (nSPS) is 10.3. The molecule has 0 unspecified atom stereocenters. The zero-order chi connectivity index (χ0) is 13.0. The van der Waals surface area contributed by atoms with Crippen molar-refractivity contribution in [3.63, 3.8) is 0 Å². The molecule has 0 fully saturated rings. The van der Waals surface area contributed by atoms with Crippen molar-refractivity contribution in [2.45, 2.75) is 19.9 Å². The Balaban J connectivity index is 1.88. The second-order valence-corrected chi connectivity index (χ2v) is 6.27. The molecule has 0 bridgehead atoms. The van der Waals surface area contributed by atoms with Crippen molar-refractivity contribution >= 4 is 33.2 Å². The van der Waals surface area contributed by atoms with Gasteiger partial charge in [0.05, 0.1) is 12.1 Å². The summed E-state index contributed by atoms with van der Waals surface area (Å²) in [6, 6.07) is 9.88. The van der Waals surface area contributed by atoms with Crippen molar-refractivity contribution < 1.29 is 4.79 Å². The third-order valence-corrected chi connectivity index (χ3v) is 4.13. The Kier molecular flexibility index (Phi) is 4.49. The lowest BCUT2D eigenvalue weighted by molar-refractivity contribution is -0.120. The SMILES string of the molecule is Cc1nc(Br)sc1CC(=O)NCc1ccccc1. The van der Waals surface area contributed by atoms with E-state index in [2.05, 4.69) is 26.2 Å². The standard InChI is InChI=1S/C13H13BrN2OS/c1-9-11(18-13(14)16-9)7-12(17)15-8-10-5-3-2-4-6-10/h2-6H,7-8H2,1H3,(H,15,17). The molecule has 0 saturated carbocycles. The van der Waals surface area contributed by atoms with Crippen molar-refractivity contribution in [1.29, 1.82) is 0 Å². The Morgan fingerprint density at radius 2 is 2.11 bits per heavy atom. The average Bonchev–Trinajstić information content (AvgIpc) is 2.67. The second-order valence-electron chi connectivity index (χ2n) is 3.91. The number of nitrogens with zero attached hydrogens (tertiary/aromatic N) is 1. The molecule has 0 spiro atoms. The van der Waals surface area contributed by atoms with Gasteiger partial charge in [-0.25, -0.2) is 4.98 Å². The zero-order valence-electron chi connectivity index (χ0n) is 9.94. The molecule has 0 aliphatic heterocycles. The van der Waals surface area contributed by atoms with Crippen LogP contribution in [0.5, 0.6) is 0 Å². The summed E-state index contributed by atoms with van der Waals surface area (Å²) in [6.45, 7) is 2.49. The molecular formula is C13H13BrN2OS. The quantitative estimate of drug-likeness (QED) is 0.939. The minimum atomic E-state index is 0.0260. The van der Waals surface area contributed by atoms with E-state index in [0.29, 0.717) is 13.0 Å². The van der Waals surface area contributed by atoms with Gasteiger partial charge in [-0.2, -0.15) is 0 Å². The Hall–Kier alpha value is -1.20. The van der Waals surface area contributed by atoms with E-state index in [9.17, 15) is 4.79 Å². The first-order chi connectivity index (χ1) is 8.65. The Bertz CT molecular complexity index is 539. The number of benzene rings is 1. The maximum absolute atomic E-state index is 11.8. The molecule has 2 rings (SSSR count). The van der Waals surface area contributed by atoms with Crippen LogP contribution in [0.15, 0.2) is 34.2 Å². The number of hydrogen-bond donors (Lipinski definition) is 1. The van der Waals surface area contributed by atoms with E-state index >= 15 is 0 Å². The number of amides is 1. The lowest BCUT2D eigenvalue weighted by Crippen LogP contribution is -2.24. The molecule has 0 saturated heterocycles. The summed E-state index contributed by atoms with van der Waals surface area (Å²) in [4.78, 5) is 17.0. The number of nitrogens with one attached hydrogen (secondary N) is 1. The molecule has 3 nitrogen and oxygen atoms in total. The van der Waals surface area contributed by atoms with E-state index in [-0.39, 0.29) is 5.91 Å². The summed E-state index contributed by atoms with van der Waals surface area (Å²) in [5.74, 6) is 0.0260. The molecule has 1 amide bonds. The topological polar surface area (TPSA) is 42.0 Å². The van der Waals surface area contributed by atoms with Crippen molar-refractivity contribution in [2.24, 2.45) is 0 Å². The molecule has 2 aromatic rings. The predicted octanol–water partition coefficient (Wildman–Crippen LogP) is 3.07. The van der Waals surface area contributed by atoms with Crippen LogP contribution in [0.25, 0.3) is 0 Å². The number of aromatic nitrogens is 1. The lowest BCUT2D eigenvalue weighted by Gasteiger charge is -2.04. The van der Waals surface area contributed by atoms with Crippen LogP contribution >= 0.6 is 27.3 Å². The van der Waals surface area contributed by atoms with Gasteiger partial charge in [-0.3, -0.25) is 4.79 Å². The van der Waals surface area contributed by atoms with Crippen LogP contribution in [-0.4, -0.2) is 10.9 Å². The number of halogens is 1. The fourth-order valence-electron chi connectivity index (χ4n) is 1.56. The van der Waals surface area contributed by atoms with Crippen LogP contribution in [0.2, 0.25) is 0 Å². The van der Waals surface area contributed by atoms with Gasteiger partial charge in [-0.1, -0.05) is 30.3 Å². The average molecular weight is 325 g/mol. The first-order valence-electron chi connectivity index (χ1n) is 5.57. The molecule has 0 atom stereocenters. The third kappa shape index (κ3) is 3.65. The summed E-state index contributed by atoms with van der Waals surface area (Å²) in [5.41, 5.74) is 2.02. The Labute approximate surface area is 118 Å². The first kappa shape index (κ1) is 13.2.